The molecule has 0 radical (unpaired) electrons. The van der Waals surface area contributed by atoms with Gasteiger partial charge in [0.25, 0.3) is 5.56 Å². The number of aromatic nitrogens is 2. The van der Waals surface area contributed by atoms with Crippen LogP contribution in [0.5, 0.6) is 11.5 Å². The molecular weight excluding hydrogens is 358 g/mol. The van der Waals surface area contributed by atoms with Crippen molar-refractivity contribution in [3.8, 4) is 11.5 Å². The van der Waals surface area contributed by atoms with E-state index >= 15 is 0 Å². The van der Waals surface area contributed by atoms with E-state index in [0.29, 0.717) is 5.75 Å². The van der Waals surface area contributed by atoms with Crippen LogP contribution in [0.1, 0.15) is 20.7 Å². The summed E-state index contributed by atoms with van der Waals surface area (Å²) in [6.45, 7) is -0.739. The summed E-state index contributed by atoms with van der Waals surface area (Å²) in [5.41, 5.74) is 3.79. The maximum atomic E-state index is 12.4. The molecule has 0 fully saturated rings. The number of nitrogens with two attached hydrogens (primary N) is 1. The van der Waals surface area contributed by atoms with Crippen molar-refractivity contribution in [1.29, 1.82) is 0 Å². The van der Waals surface area contributed by atoms with Crippen LogP contribution in [-0.2, 0) is 18.8 Å². The number of Topliss-reactive ketones (excluding diaryl/α,β-unsaturated/α-hetero) is 1. The molecule has 0 bridgehead atoms. The number of carbonyl (C=O) groups is 2. The van der Waals surface area contributed by atoms with Gasteiger partial charge in [0.05, 0.1) is 14.2 Å². The second kappa shape index (κ2) is 7.77. The van der Waals surface area contributed by atoms with E-state index < -0.39 is 35.2 Å². The van der Waals surface area contributed by atoms with Crippen molar-refractivity contribution in [3.05, 3.63) is 50.2 Å². The van der Waals surface area contributed by atoms with Crippen LogP contribution in [0.4, 0.5) is 5.82 Å². The van der Waals surface area contributed by atoms with Crippen molar-refractivity contribution in [2.45, 2.75) is 0 Å². The third kappa shape index (κ3) is 3.54. The topological polar surface area (TPSA) is 132 Å². The zero-order valence-corrected chi connectivity index (χ0v) is 15.3. The first-order valence-electron chi connectivity index (χ1n) is 7.71. The van der Waals surface area contributed by atoms with E-state index in [1.165, 1.54) is 34.4 Å². The molecule has 0 unspecified atom stereocenters. The largest absolute Gasteiger partial charge is 0.493 e. The summed E-state index contributed by atoms with van der Waals surface area (Å²) in [5, 5.41) is 0. The quantitative estimate of drug-likeness (QED) is 0.537. The van der Waals surface area contributed by atoms with Crippen molar-refractivity contribution in [2.24, 2.45) is 14.1 Å². The maximum absolute atomic E-state index is 12.4. The number of hydrogen-bond donors (Lipinski definition) is 1. The second-order valence-electron chi connectivity index (χ2n) is 5.51. The number of esters is 1. The molecule has 0 saturated carbocycles. The first-order chi connectivity index (χ1) is 12.7. The number of carbonyl (C=O) groups excluding carboxylic acids is 2. The molecule has 0 aliphatic heterocycles. The minimum absolute atomic E-state index is 0.0472. The molecule has 1 aromatic heterocycles. The fourth-order valence-electron chi connectivity index (χ4n) is 2.45. The van der Waals surface area contributed by atoms with Crippen LogP contribution in [0, 0.1) is 0 Å². The molecule has 0 aliphatic rings. The summed E-state index contributed by atoms with van der Waals surface area (Å²) in [7, 11) is 5.30. The van der Waals surface area contributed by atoms with Gasteiger partial charge in [0.2, 0.25) is 5.78 Å². The number of nitrogen functional groups attached to an aromatic ring is 1. The molecule has 0 amide bonds. The summed E-state index contributed by atoms with van der Waals surface area (Å²) in [6, 6.07) is 4.59. The molecule has 0 saturated heterocycles. The summed E-state index contributed by atoms with van der Waals surface area (Å²) in [6.07, 6.45) is 0. The normalized spacial score (nSPS) is 10.4. The van der Waals surface area contributed by atoms with Crippen molar-refractivity contribution >= 4 is 17.6 Å². The number of hydrogen-bond acceptors (Lipinski definition) is 8. The van der Waals surface area contributed by atoms with Gasteiger partial charge in [-0.05, 0) is 12.1 Å². The van der Waals surface area contributed by atoms with Gasteiger partial charge in [-0.3, -0.25) is 18.7 Å². The summed E-state index contributed by atoms with van der Waals surface area (Å²) in [4.78, 5) is 48.6. The molecule has 1 aromatic carbocycles. The van der Waals surface area contributed by atoms with Gasteiger partial charge in [0.1, 0.15) is 16.9 Å². The van der Waals surface area contributed by atoms with Gasteiger partial charge < -0.3 is 19.9 Å². The molecule has 0 spiro atoms. The third-order valence-corrected chi connectivity index (χ3v) is 3.95. The minimum Gasteiger partial charge on any atom is -0.493 e. The number of ketones is 1. The zero-order chi connectivity index (χ0) is 20.3. The number of anilines is 1. The molecule has 2 rings (SSSR count). The first kappa shape index (κ1) is 19.8. The van der Waals surface area contributed by atoms with Crippen LogP contribution < -0.4 is 26.5 Å². The third-order valence-electron chi connectivity index (χ3n) is 3.95. The maximum Gasteiger partial charge on any atom is 0.342 e. The Morgan fingerprint density at radius 3 is 2.33 bits per heavy atom. The van der Waals surface area contributed by atoms with Gasteiger partial charge in [-0.1, -0.05) is 6.07 Å². The van der Waals surface area contributed by atoms with Crippen LogP contribution in [-0.4, -0.2) is 41.7 Å². The fourth-order valence-corrected chi connectivity index (χ4v) is 2.45. The van der Waals surface area contributed by atoms with Crippen LogP contribution in [0.15, 0.2) is 27.8 Å². The molecule has 27 heavy (non-hydrogen) atoms. The van der Waals surface area contributed by atoms with Crippen LogP contribution >= 0.6 is 0 Å². The van der Waals surface area contributed by atoms with Gasteiger partial charge in [0, 0.05) is 14.1 Å². The molecule has 2 aromatic rings. The molecule has 0 atom stereocenters. The highest BCUT2D eigenvalue weighted by atomic mass is 16.5. The molecular formula is C17H19N3O7. The number of para-hydroxylation sites is 1. The first-order valence-corrected chi connectivity index (χ1v) is 7.71. The number of benzene rings is 1. The lowest BCUT2D eigenvalue weighted by atomic mass is 10.2. The van der Waals surface area contributed by atoms with Crippen molar-refractivity contribution < 1.29 is 23.8 Å². The van der Waals surface area contributed by atoms with Crippen molar-refractivity contribution in [1.82, 2.24) is 9.13 Å². The smallest absolute Gasteiger partial charge is 0.342 e. The van der Waals surface area contributed by atoms with E-state index in [1.54, 1.807) is 12.1 Å². The Morgan fingerprint density at radius 2 is 1.74 bits per heavy atom. The van der Waals surface area contributed by atoms with Crippen molar-refractivity contribution in [2.75, 3.05) is 26.6 Å². The molecule has 1 heterocycles. The molecule has 10 heteroatoms. The zero-order valence-electron chi connectivity index (χ0n) is 15.3. The predicted octanol–water partition coefficient (Wildman–Crippen LogP) is -0.277. The van der Waals surface area contributed by atoms with Gasteiger partial charge in [0.15, 0.2) is 18.1 Å². The second-order valence-corrected chi connectivity index (χ2v) is 5.51. The lowest BCUT2D eigenvalue weighted by Crippen LogP contribution is -2.42. The van der Waals surface area contributed by atoms with Crippen molar-refractivity contribution in [3.63, 3.8) is 0 Å². The number of ether oxygens (including phenoxy) is 3. The highest BCUT2D eigenvalue weighted by Crippen LogP contribution is 2.31. The SMILES string of the molecule is COc1cccc(C(=O)OCC(=O)c2c(N)n(C)c(=O)n(C)c2=O)c1OC. The predicted molar refractivity (Wildman–Crippen MR) is 95.5 cm³/mol. The molecule has 10 nitrogen and oxygen atoms in total. The van der Waals surface area contributed by atoms with Gasteiger partial charge >= 0.3 is 11.7 Å². The average Bonchev–Trinajstić information content (AvgIpc) is 2.68. The monoisotopic (exact) mass is 377 g/mol. The van der Waals surface area contributed by atoms with Crippen LogP contribution in [0.3, 0.4) is 0 Å². The Balaban J connectivity index is 2.29. The lowest BCUT2D eigenvalue weighted by Gasteiger charge is -2.13. The summed E-state index contributed by atoms with van der Waals surface area (Å²) >= 11 is 0. The Hall–Kier alpha value is -3.56. The van der Waals surface area contributed by atoms with E-state index in [1.807, 2.05) is 0 Å². The van der Waals surface area contributed by atoms with E-state index in [-0.39, 0.29) is 17.1 Å². The minimum atomic E-state index is -0.865. The van der Waals surface area contributed by atoms with Gasteiger partial charge in [-0.25, -0.2) is 9.59 Å². The molecule has 2 N–H and O–H groups in total. The number of nitrogens with zero attached hydrogens (tertiary/aromatic N) is 2. The standard InChI is InChI=1S/C17H19N3O7/c1-19-14(18)12(15(22)20(2)17(19)24)10(21)8-27-16(23)9-6-5-7-11(25-3)13(9)26-4/h5-7H,8,18H2,1-4H3. The van der Waals surface area contributed by atoms with E-state index in [4.69, 9.17) is 19.9 Å². The average molecular weight is 377 g/mol. The van der Waals surface area contributed by atoms with Crippen LogP contribution in [0.25, 0.3) is 0 Å². The Bertz CT molecular complexity index is 1020. The van der Waals surface area contributed by atoms with E-state index in [9.17, 15) is 19.2 Å². The van der Waals surface area contributed by atoms with E-state index in [0.717, 1.165) is 9.13 Å². The highest BCUT2D eigenvalue weighted by Gasteiger charge is 2.23. The Labute approximate surface area is 153 Å². The fraction of sp³-hybridized carbons (Fsp3) is 0.294. The highest BCUT2D eigenvalue weighted by molar-refractivity contribution is 6.02. The number of methoxy groups -OCH3 is 2. The van der Waals surface area contributed by atoms with Gasteiger partial charge in [-0.15, -0.1) is 0 Å². The lowest BCUT2D eigenvalue weighted by molar-refractivity contribution is 0.0470. The van der Waals surface area contributed by atoms with Crippen LogP contribution in [0.2, 0.25) is 0 Å². The Morgan fingerprint density at radius 1 is 1.07 bits per heavy atom. The van der Waals surface area contributed by atoms with Gasteiger partial charge in [-0.2, -0.15) is 0 Å². The number of rotatable bonds is 6. The van der Waals surface area contributed by atoms with E-state index in [2.05, 4.69) is 0 Å². The molecule has 0 aliphatic carbocycles. The Kier molecular flexibility index (Phi) is 5.69. The summed E-state index contributed by atoms with van der Waals surface area (Å²) < 4.78 is 16.9. The summed E-state index contributed by atoms with van der Waals surface area (Å²) in [5.74, 6) is -1.52. The molecule has 144 valence electrons.